The lowest BCUT2D eigenvalue weighted by atomic mass is 10.1. The average molecular weight is 746 g/mol. The van der Waals surface area contributed by atoms with Crippen LogP contribution in [0, 0.1) is 5.41 Å². The van der Waals surface area contributed by atoms with Gasteiger partial charge in [0.25, 0.3) is 0 Å². The number of nitrogens with one attached hydrogen (secondary N) is 1. The highest BCUT2D eigenvalue weighted by Gasteiger charge is 2.14. The van der Waals surface area contributed by atoms with Gasteiger partial charge in [0.15, 0.2) is 5.90 Å². The number of unbranched alkanes of at least 4 members (excludes halogenated alkanes) is 22. The minimum Gasteiger partial charge on any atom is -0.481 e. The van der Waals surface area contributed by atoms with Crippen molar-refractivity contribution in [3.63, 3.8) is 0 Å². The molecule has 7 heteroatoms. The van der Waals surface area contributed by atoms with Gasteiger partial charge in [-0.2, -0.15) is 0 Å². The fourth-order valence-corrected chi connectivity index (χ4v) is 6.46. The van der Waals surface area contributed by atoms with E-state index in [1.807, 2.05) is 23.9 Å². The topological polar surface area (TPSA) is 82.9 Å². The molecule has 0 bridgehead atoms. The number of allylic oxidation sites excluding steroid dienone is 4. The Morgan fingerprint density at radius 1 is 0.491 bits per heavy atom. The summed E-state index contributed by atoms with van der Waals surface area (Å²) in [5, 5.41) is 8.17. The lowest BCUT2D eigenvalue weighted by Gasteiger charge is -2.24. The molecule has 0 fully saturated rings. The van der Waals surface area contributed by atoms with Crippen LogP contribution in [0.3, 0.4) is 0 Å². The second-order valence-electron chi connectivity index (χ2n) is 15.5. The zero-order chi connectivity index (χ0) is 38.9. The molecule has 0 atom stereocenters. The molecule has 1 amide bonds. The van der Waals surface area contributed by atoms with Gasteiger partial charge in [-0.25, -0.2) is 0 Å². The molecule has 0 saturated carbocycles. The van der Waals surface area contributed by atoms with Crippen molar-refractivity contribution in [2.24, 2.45) is 0 Å². The molecule has 0 aliphatic heterocycles. The van der Waals surface area contributed by atoms with E-state index >= 15 is 0 Å². The van der Waals surface area contributed by atoms with Gasteiger partial charge in [-0.3, -0.25) is 15.0 Å². The summed E-state index contributed by atoms with van der Waals surface area (Å²) in [5.74, 6) is 0.289. The molecule has 1 N–H and O–H groups in total. The fourth-order valence-electron chi connectivity index (χ4n) is 6.46. The smallest absolute Gasteiger partial charge is 0.305 e. The molecule has 0 heterocycles. The predicted molar refractivity (Wildman–Crippen MR) is 228 cm³/mol. The summed E-state index contributed by atoms with van der Waals surface area (Å²) in [7, 11) is 3.79. The summed E-state index contributed by atoms with van der Waals surface area (Å²) in [4.78, 5) is 28.8. The number of hydrogen-bond donors (Lipinski definition) is 1. The van der Waals surface area contributed by atoms with Gasteiger partial charge >= 0.3 is 5.97 Å². The van der Waals surface area contributed by atoms with E-state index in [1.54, 1.807) is 0 Å². The molecule has 0 aliphatic rings. The molecule has 0 aromatic heterocycles. The van der Waals surface area contributed by atoms with Crippen molar-refractivity contribution < 1.29 is 19.1 Å². The average Bonchev–Trinajstić information content (AvgIpc) is 3.13. The molecular formula is C46H87N3O4. The van der Waals surface area contributed by atoms with Crippen molar-refractivity contribution in [3.05, 3.63) is 24.3 Å². The quantitative estimate of drug-likeness (QED) is 0.0222. The lowest BCUT2D eigenvalue weighted by molar-refractivity contribution is -0.144. The highest BCUT2D eigenvalue weighted by Crippen LogP contribution is 2.12. The summed E-state index contributed by atoms with van der Waals surface area (Å²) in [6.07, 6.45) is 44.5. The molecular weight excluding hydrogens is 659 g/mol. The summed E-state index contributed by atoms with van der Waals surface area (Å²) < 4.78 is 11.2. The van der Waals surface area contributed by atoms with Crippen LogP contribution in [0.25, 0.3) is 0 Å². The number of esters is 1. The first-order valence-corrected chi connectivity index (χ1v) is 22.5. The van der Waals surface area contributed by atoms with E-state index in [4.69, 9.17) is 14.9 Å². The Morgan fingerprint density at radius 3 is 1.30 bits per heavy atom. The van der Waals surface area contributed by atoms with E-state index in [-0.39, 0.29) is 11.9 Å². The molecule has 0 saturated heterocycles. The van der Waals surface area contributed by atoms with Crippen molar-refractivity contribution in [2.45, 2.75) is 206 Å². The lowest BCUT2D eigenvalue weighted by Crippen LogP contribution is -2.39. The van der Waals surface area contributed by atoms with E-state index in [1.165, 1.54) is 141 Å². The number of amides is 1. The summed E-state index contributed by atoms with van der Waals surface area (Å²) in [6.45, 7) is 6.80. The van der Waals surface area contributed by atoms with Crippen LogP contribution in [-0.2, 0) is 19.1 Å². The Bertz CT molecular complexity index is 828. The van der Waals surface area contributed by atoms with E-state index in [2.05, 4.69) is 38.2 Å². The molecule has 0 radical (unpaired) electrons. The van der Waals surface area contributed by atoms with Gasteiger partial charge in [-0.15, -0.1) is 0 Å². The van der Waals surface area contributed by atoms with Gasteiger partial charge in [0.1, 0.15) is 0 Å². The summed E-state index contributed by atoms with van der Waals surface area (Å²) >= 11 is 0. The van der Waals surface area contributed by atoms with Crippen LogP contribution in [-0.4, -0.2) is 74.5 Å². The predicted octanol–water partition coefficient (Wildman–Crippen LogP) is 12.8. The van der Waals surface area contributed by atoms with Gasteiger partial charge in [-0.1, -0.05) is 141 Å². The van der Waals surface area contributed by atoms with E-state index in [0.717, 1.165) is 25.7 Å². The molecule has 0 aromatic carbocycles. The molecule has 310 valence electrons. The normalized spacial score (nSPS) is 11.6. The first kappa shape index (κ1) is 50.9. The Hall–Kier alpha value is -2.15. The van der Waals surface area contributed by atoms with Crippen LogP contribution in [0.5, 0.6) is 0 Å². The SMILES string of the molecule is CCCCCCCCC=CCCCCCCCC(=N)OCCCN(CCCOC(=O)CCCCCCCC=CCCCCCCCC)C(=O)CN(C)C. The number of nitrogens with zero attached hydrogens (tertiary/aromatic N) is 2. The minimum atomic E-state index is -0.132. The third-order valence-electron chi connectivity index (χ3n) is 9.80. The molecule has 0 aromatic rings. The zero-order valence-electron chi connectivity index (χ0n) is 35.6. The minimum absolute atomic E-state index is 0.0676. The molecule has 0 rings (SSSR count). The Balaban J connectivity index is 3.88. The highest BCUT2D eigenvalue weighted by molar-refractivity contribution is 5.78. The van der Waals surface area contributed by atoms with E-state index in [9.17, 15) is 9.59 Å². The van der Waals surface area contributed by atoms with Crippen molar-refractivity contribution in [3.8, 4) is 0 Å². The van der Waals surface area contributed by atoms with Crippen LogP contribution in [0.15, 0.2) is 24.3 Å². The van der Waals surface area contributed by atoms with Crippen LogP contribution in [0.4, 0.5) is 0 Å². The van der Waals surface area contributed by atoms with E-state index in [0.29, 0.717) is 64.4 Å². The van der Waals surface area contributed by atoms with Crippen LogP contribution >= 0.6 is 0 Å². The summed E-state index contributed by atoms with van der Waals surface area (Å²) in [6, 6.07) is 0. The van der Waals surface area contributed by atoms with Crippen LogP contribution in [0.1, 0.15) is 206 Å². The van der Waals surface area contributed by atoms with Gasteiger partial charge < -0.3 is 19.3 Å². The maximum Gasteiger partial charge on any atom is 0.305 e. The number of rotatable bonds is 40. The monoisotopic (exact) mass is 746 g/mol. The summed E-state index contributed by atoms with van der Waals surface area (Å²) in [5.41, 5.74) is 0. The van der Waals surface area contributed by atoms with E-state index < -0.39 is 0 Å². The Kier molecular flexibility index (Phi) is 39.4. The van der Waals surface area contributed by atoms with Crippen molar-refractivity contribution >= 4 is 17.8 Å². The second-order valence-corrected chi connectivity index (χ2v) is 15.5. The molecule has 7 nitrogen and oxygen atoms in total. The Morgan fingerprint density at radius 2 is 0.868 bits per heavy atom. The zero-order valence-corrected chi connectivity index (χ0v) is 35.6. The van der Waals surface area contributed by atoms with Gasteiger partial charge in [0.05, 0.1) is 19.8 Å². The third-order valence-corrected chi connectivity index (χ3v) is 9.80. The largest absolute Gasteiger partial charge is 0.481 e. The van der Waals surface area contributed by atoms with Gasteiger partial charge in [0.2, 0.25) is 5.91 Å². The molecule has 53 heavy (non-hydrogen) atoms. The molecule has 0 unspecified atom stereocenters. The van der Waals surface area contributed by atoms with Crippen LogP contribution in [0.2, 0.25) is 0 Å². The van der Waals surface area contributed by atoms with Gasteiger partial charge in [0, 0.05) is 25.9 Å². The standard InChI is InChI=1S/C46H87N3O4/c1-5-7-9-11-13-15-17-19-21-23-25-27-29-31-33-37-44(47)52-41-35-39-49(45(50)43-48(3)4)40-36-42-53-46(51)38-34-32-30-28-26-24-22-20-18-16-14-12-10-8-6-2/h19-22,47H,5-18,23-43H2,1-4H3. The Labute approximate surface area is 329 Å². The maximum absolute atomic E-state index is 12.8. The first-order valence-electron chi connectivity index (χ1n) is 22.5. The highest BCUT2D eigenvalue weighted by atomic mass is 16.5. The number of carbonyl (C=O) groups is 2. The first-order chi connectivity index (χ1) is 25.9. The second kappa shape index (κ2) is 41.0. The number of carbonyl (C=O) groups excluding carboxylic acids is 2. The maximum atomic E-state index is 12.8. The van der Waals surface area contributed by atoms with Crippen molar-refractivity contribution in [1.82, 2.24) is 9.80 Å². The fraction of sp³-hybridized carbons (Fsp3) is 0.848. The number of likely N-dealkylation sites (N-methyl/N-ethyl adjacent to an activating group) is 1. The number of hydrogen-bond acceptors (Lipinski definition) is 6. The van der Waals surface area contributed by atoms with Gasteiger partial charge in [-0.05, 0) is 91.1 Å². The number of ether oxygens (including phenoxy) is 2. The molecule has 0 aliphatic carbocycles. The molecule has 0 spiro atoms. The van der Waals surface area contributed by atoms with Crippen molar-refractivity contribution in [2.75, 3.05) is 46.9 Å². The third kappa shape index (κ3) is 39.4. The van der Waals surface area contributed by atoms with Crippen LogP contribution < -0.4 is 0 Å². The van der Waals surface area contributed by atoms with Crippen molar-refractivity contribution in [1.29, 1.82) is 5.41 Å².